The Bertz CT molecular complexity index is 655. The van der Waals surface area contributed by atoms with Crippen LogP contribution in [0.15, 0.2) is 60.7 Å². The molecule has 2 amide bonds. The molecule has 0 aromatic heterocycles. The average Bonchev–Trinajstić information content (AvgIpc) is 2.70. The summed E-state index contributed by atoms with van der Waals surface area (Å²) in [5.41, 5.74) is 1.89. The molecule has 0 aliphatic carbocycles. The summed E-state index contributed by atoms with van der Waals surface area (Å²) in [6.45, 7) is 0.973. The smallest absolute Gasteiger partial charge is 0.250 e. The van der Waals surface area contributed by atoms with E-state index in [1.54, 1.807) is 4.90 Å². The number of carbonyl (C=O) groups is 2. The zero-order valence-corrected chi connectivity index (χ0v) is 12.2. The zero-order chi connectivity index (χ0) is 15.4. The summed E-state index contributed by atoms with van der Waals surface area (Å²) in [7, 11) is 0. The second-order valence-corrected chi connectivity index (χ2v) is 5.41. The van der Waals surface area contributed by atoms with E-state index >= 15 is 0 Å². The van der Waals surface area contributed by atoms with Gasteiger partial charge in [-0.25, -0.2) is 0 Å². The minimum atomic E-state index is -0.597. The van der Waals surface area contributed by atoms with Crippen LogP contribution in [0.3, 0.4) is 0 Å². The van der Waals surface area contributed by atoms with Crippen LogP contribution >= 0.6 is 0 Å². The molecule has 1 aliphatic heterocycles. The number of amides is 2. The van der Waals surface area contributed by atoms with E-state index in [2.05, 4.69) is 5.32 Å². The lowest BCUT2D eigenvalue weighted by Crippen LogP contribution is -2.38. The van der Waals surface area contributed by atoms with E-state index in [9.17, 15) is 9.59 Å². The van der Waals surface area contributed by atoms with Crippen molar-refractivity contribution in [2.75, 3.05) is 6.54 Å². The molecule has 0 bridgehead atoms. The predicted molar refractivity (Wildman–Crippen MR) is 83.8 cm³/mol. The van der Waals surface area contributed by atoms with Gasteiger partial charge in [0.25, 0.3) is 0 Å². The number of carbonyl (C=O) groups excluding carboxylic acids is 2. The van der Waals surface area contributed by atoms with Crippen molar-refractivity contribution in [2.45, 2.75) is 19.0 Å². The Morgan fingerprint density at radius 1 is 0.955 bits per heavy atom. The van der Waals surface area contributed by atoms with Crippen LogP contribution in [0.1, 0.15) is 23.6 Å². The Morgan fingerprint density at radius 2 is 1.59 bits per heavy atom. The number of hydrogen-bond donors (Lipinski definition) is 1. The highest BCUT2D eigenvalue weighted by atomic mass is 16.2. The molecule has 1 fully saturated rings. The molecule has 1 saturated heterocycles. The van der Waals surface area contributed by atoms with Gasteiger partial charge in [-0.15, -0.1) is 0 Å². The van der Waals surface area contributed by atoms with Crippen molar-refractivity contribution >= 4 is 11.8 Å². The summed E-state index contributed by atoms with van der Waals surface area (Å²) in [5.74, 6) is -0.140. The number of rotatable bonds is 3. The van der Waals surface area contributed by atoms with Crippen LogP contribution in [-0.2, 0) is 16.1 Å². The minimum absolute atomic E-state index is 0.0547. The van der Waals surface area contributed by atoms with Crippen LogP contribution in [0, 0.1) is 0 Å². The first kappa shape index (κ1) is 14.3. The summed E-state index contributed by atoms with van der Waals surface area (Å²) in [4.78, 5) is 26.5. The molecular formula is C18H18N2O2. The van der Waals surface area contributed by atoms with Gasteiger partial charge in [0.15, 0.2) is 0 Å². The molecule has 2 aromatic carbocycles. The fourth-order valence-corrected chi connectivity index (χ4v) is 2.66. The van der Waals surface area contributed by atoms with E-state index in [1.165, 1.54) is 0 Å². The van der Waals surface area contributed by atoms with Crippen LogP contribution in [0.2, 0.25) is 0 Å². The van der Waals surface area contributed by atoms with E-state index in [4.69, 9.17) is 0 Å². The van der Waals surface area contributed by atoms with Crippen LogP contribution in [-0.4, -0.2) is 23.3 Å². The molecule has 0 saturated carbocycles. The monoisotopic (exact) mass is 294 g/mol. The Hall–Kier alpha value is -2.62. The molecule has 22 heavy (non-hydrogen) atoms. The van der Waals surface area contributed by atoms with E-state index < -0.39 is 6.04 Å². The Balaban J connectivity index is 1.85. The first-order valence-electron chi connectivity index (χ1n) is 7.41. The van der Waals surface area contributed by atoms with Gasteiger partial charge < -0.3 is 10.2 Å². The van der Waals surface area contributed by atoms with Crippen LogP contribution in [0.4, 0.5) is 0 Å². The highest BCUT2D eigenvalue weighted by molar-refractivity contribution is 5.90. The van der Waals surface area contributed by atoms with Gasteiger partial charge in [0.1, 0.15) is 6.04 Å². The highest BCUT2D eigenvalue weighted by Gasteiger charge is 2.30. The molecule has 3 rings (SSSR count). The minimum Gasteiger partial charge on any atom is -0.340 e. The third kappa shape index (κ3) is 3.17. The number of hydrogen-bond acceptors (Lipinski definition) is 2. The number of nitrogens with zero attached hydrogens (tertiary/aromatic N) is 1. The molecule has 0 radical (unpaired) electrons. The topological polar surface area (TPSA) is 49.4 Å². The summed E-state index contributed by atoms with van der Waals surface area (Å²) >= 11 is 0. The maximum atomic E-state index is 12.8. The summed E-state index contributed by atoms with van der Waals surface area (Å²) in [6, 6.07) is 18.6. The molecule has 4 nitrogen and oxygen atoms in total. The first-order chi connectivity index (χ1) is 10.7. The third-order valence-electron chi connectivity index (χ3n) is 3.82. The second-order valence-electron chi connectivity index (χ2n) is 5.41. The first-order valence-corrected chi connectivity index (χ1v) is 7.41. The van der Waals surface area contributed by atoms with Crippen LogP contribution in [0.25, 0.3) is 0 Å². The lowest BCUT2D eigenvalue weighted by atomic mass is 10.1. The molecule has 112 valence electrons. The van der Waals surface area contributed by atoms with Crippen molar-refractivity contribution in [2.24, 2.45) is 0 Å². The van der Waals surface area contributed by atoms with E-state index in [0.29, 0.717) is 19.5 Å². The van der Waals surface area contributed by atoms with Gasteiger partial charge in [0.2, 0.25) is 11.8 Å². The molecule has 1 heterocycles. The Kier molecular flexibility index (Phi) is 4.19. The quantitative estimate of drug-likeness (QED) is 0.944. The molecule has 0 spiro atoms. The lowest BCUT2D eigenvalue weighted by molar-refractivity contribution is -0.134. The van der Waals surface area contributed by atoms with Gasteiger partial charge >= 0.3 is 0 Å². The fourth-order valence-electron chi connectivity index (χ4n) is 2.66. The van der Waals surface area contributed by atoms with Gasteiger partial charge in [-0.2, -0.15) is 0 Å². The zero-order valence-electron chi connectivity index (χ0n) is 12.2. The third-order valence-corrected chi connectivity index (χ3v) is 3.82. The Labute approximate surface area is 129 Å². The van der Waals surface area contributed by atoms with E-state index in [1.807, 2.05) is 60.7 Å². The summed E-state index contributed by atoms with van der Waals surface area (Å²) in [5, 5.41) is 2.83. The summed E-state index contributed by atoms with van der Waals surface area (Å²) in [6.07, 6.45) is 0.335. The van der Waals surface area contributed by atoms with Gasteiger partial charge in [-0.05, 0) is 11.1 Å². The highest BCUT2D eigenvalue weighted by Crippen LogP contribution is 2.20. The lowest BCUT2D eigenvalue weighted by Gasteiger charge is -2.24. The maximum Gasteiger partial charge on any atom is 0.250 e. The molecule has 0 unspecified atom stereocenters. The van der Waals surface area contributed by atoms with Crippen LogP contribution < -0.4 is 5.32 Å². The molecule has 1 aliphatic rings. The van der Waals surface area contributed by atoms with Gasteiger partial charge in [0, 0.05) is 19.5 Å². The van der Waals surface area contributed by atoms with Crippen molar-refractivity contribution in [1.82, 2.24) is 10.2 Å². The predicted octanol–water partition coefficient (Wildman–Crippen LogP) is 2.28. The van der Waals surface area contributed by atoms with Gasteiger partial charge in [-0.1, -0.05) is 60.7 Å². The van der Waals surface area contributed by atoms with Crippen molar-refractivity contribution < 1.29 is 9.59 Å². The SMILES string of the molecule is O=C1CCN(Cc2ccccc2)C(=O)[C@@H](c2ccccc2)N1. The fraction of sp³-hybridized carbons (Fsp3) is 0.222. The largest absolute Gasteiger partial charge is 0.340 e. The molecule has 1 atom stereocenters. The van der Waals surface area contributed by atoms with Crippen molar-refractivity contribution in [3.8, 4) is 0 Å². The van der Waals surface area contributed by atoms with Crippen molar-refractivity contribution in [3.05, 3.63) is 71.8 Å². The van der Waals surface area contributed by atoms with E-state index in [0.717, 1.165) is 11.1 Å². The van der Waals surface area contributed by atoms with Crippen molar-refractivity contribution in [3.63, 3.8) is 0 Å². The number of benzene rings is 2. The Morgan fingerprint density at radius 3 is 2.27 bits per heavy atom. The second kappa shape index (κ2) is 6.43. The number of nitrogens with one attached hydrogen (secondary N) is 1. The van der Waals surface area contributed by atoms with Gasteiger partial charge in [0.05, 0.1) is 0 Å². The van der Waals surface area contributed by atoms with Gasteiger partial charge in [-0.3, -0.25) is 9.59 Å². The molecule has 2 aromatic rings. The summed E-state index contributed by atoms with van der Waals surface area (Å²) < 4.78 is 0. The standard InChI is InChI=1S/C18H18N2O2/c21-16-11-12-20(13-14-7-3-1-4-8-14)18(22)17(19-16)15-9-5-2-6-10-15/h1-10,17H,11-13H2,(H,19,21)/t17-/m1/s1. The molecule has 4 heteroatoms. The normalized spacial score (nSPS) is 18.7. The average molecular weight is 294 g/mol. The van der Waals surface area contributed by atoms with E-state index in [-0.39, 0.29) is 11.8 Å². The molecule has 1 N–H and O–H groups in total. The van der Waals surface area contributed by atoms with Crippen molar-refractivity contribution in [1.29, 1.82) is 0 Å². The molecular weight excluding hydrogens is 276 g/mol. The van der Waals surface area contributed by atoms with Crippen LogP contribution in [0.5, 0.6) is 0 Å². The maximum absolute atomic E-state index is 12.8.